The van der Waals surface area contributed by atoms with Crippen LogP contribution in [0.2, 0.25) is 0 Å². The van der Waals surface area contributed by atoms with Crippen LogP contribution in [-0.4, -0.2) is 15.9 Å². The second kappa shape index (κ2) is 7.70. The topological polar surface area (TPSA) is 66.9 Å². The van der Waals surface area contributed by atoms with Gasteiger partial charge < -0.3 is 10.6 Å². The van der Waals surface area contributed by atoms with E-state index in [-0.39, 0.29) is 5.91 Å². The van der Waals surface area contributed by atoms with Crippen LogP contribution in [0.1, 0.15) is 15.9 Å². The van der Waals surface area contributed by atoms with Crippen LogP contribution in [0.25, 0.3) is 0 Å². The van der Waals surface area contributed by atoms with Crippen molar-refractivity contribution in [2.24, 2.45) is 0 Å². The first-order chi connectivity index (χ1) is 11.7. The molecule has 0 saturated heterocycles. The molecular formula is C18H15BrN4O. The first kappa shape index (κ1) is 16.1. The van der Waals surface area contributed by atoms with E-state index < -0.39 is 0 Å². The molecule has 2 N–H and O–H groups in total. The molecule has 6 heteroatoms. The number of nitrogens with zero attached hydrogens (tertiary/aromatic N) is 2. The van der Waals surface area contributed by atoms with Gasteiger partial charge in [-0.05, 0) is 48.0 Å². The summed E-state index contributed by atoms with van der Waals surface area (Å²) < 4.78 is 0.971. The van der Waals surface area contributed by atoms with Crippen LogP contribution in [0.3, 0.4) is 0 Å². The first-order valence-corrected chi connectivity index (χ1v) is 8.16. The number of carbonyl (C=O) groups excluding carboxylic acids is 1. The van der Waals surface area contributed by atoms with Crippen LogP contribution >= 0.6 is 15.9 Å². The van der Waals surface area contributed by atoms with E-state index in [0.29, 0.717) is 17.9 Å². The van der Waals surface area contributed by atoms with Crippen LogP contribution < -0.4 is 10.6 Å². The average molecular weight is 383 g/mol. The minimum absolute atomic E-state index is 0.147. The average Bonchev–Trinajstić information content (AvgIpc) is 2.61. The number of amides is 1. The maximum absolute atomic E-state index is 12.3. The molecule has 3 rings (SSSR count). The summed E-state index contributed by atoms with van der Waals surface area (Å²) in [6, 6.07) is 14.9. The van der Waals surface area contributed by atoms with E-state index in [0.717, 1.165) is 15.7 Å². The zero-order chi connectivity index (χ0) is 16.8. The second-order valence-electron chi connectivity index (χ2n) is 5.10. The Hall–Kier alpha value is -2.73. The number of aromatic nitrogens is 2. The van der Waals surface area contributed by atoms with Crippen molar-refractivity contribution >= 4 is 33.3 Å². The Morgan fingerprint density at radius 1 is 1.04 bits per heavy atom. The number of nitrogens with one attached hydrogen (secondary N) is 2. The standard InChI is InChI=1S/C18H15BrN4O/c19-15-2-1-3-16(11-15)23-17-10-14(6-9-21-17)18(24)22-12-13-4-7-20-8-5-13/h1-11H,12H2,(H,21,23)(H,22,24). The molecule has 0 bridgehead atoms. The van der Waals surface area contributed by atoms with Gasteiger partial charge in [0.25, 0.3) is 5.91 Å². The van der Waals surface area contributed by atoms with Crippen molar-refractivity contribution in [2.75, 3.05) is 5.32 Å². The van der Waals surface area contributed by atoms with Crippen molar-refractivity contribution in [1.29, 1.82) is 0 Å². The van der Waals surface area contributed by atoms with Gasteiger partial charge in [0.05, 0.1) is 0 Å². The third kappa shape index (κ3) is 4.39. The highest BCUT2D eigenvalue weighted by Crippen LogP contribution is 2.19. The van der Waals surface area contributed by atoms with E-state index in [1.54, 1.807) is 30.7 Å². The lowest BCUT2D eigenvalue weighted by Gasteiger charge is -2.09. The highest BCUT2D eigenvalue weighted by molar-refractivity contribution is 9.10. The minimum Gasteiger partial charge on any atom is -0.348 e. The summed E-state index contributed by atoms with van der Waals surface area (Å²) >= 11 is 3.43. The number of rotatable bonds is 5. The lowest BCUT2D eigenvalue weighted by molar-refractivity contribution is 0.0951. The Bertz CT molecular complexity index is 839. The Morgan fingerprint density at radius 3 is 2.67 bits per heavy atom. The monoisotopic (exact) mass is 382 g/mol. The third-order valence-electron chi connectivity index (χ3n) is 3.32. The Balaban J connectivity index is 1.67. The van der Waals surface area contributed by atoms with Crippen LogP contribution in [0.5, 0.6) is 0 Å². The van der Waals surface area contributed by atoms with Gasteiger partial charge in [-0.25, -0.2) is 4.98 Å². The molecule has 0 aliphatic carbocycles. The molecule has 0 saturated carbocycles. The summed E-state index contributed by atoms with van der Waals surface area (Å²) in [4.78, 5) is 20.5. The highest BCUT2D eigenvalue weighted by atomic mass is 79.9. The Kier molecular flexibility index (Phi) is 5.18. The SMILES string of the molecule is O=C(NCc1ccncc1)c1ccnc(Nc2cccc(Br)c2)c1. The van der Waals surface area contributed by atoms with E-state index in [2.05, 4.69) is 36.5 Å². The molecule has 1 amide bonds. The lowest BCUT2D eigenvalue weighted by Crippen LogP contribution is -2.22. The number of hydrogen-bond donors (Lipinski definition) is 2. The lowest BCUT2D eigenvalue weighted by atomic mass is 10.2. The van der Waals surface area contributed by atoms with Crippen molar-refractivity contribution in [1.82, 2.24) is 15.3 Å². The van der Waals surface area contributed by atoms with Gasteiger partial charge in [0.2, 0.25) is 0 Å². The van der Waals surface area contributed by atoms with Crippen molar-refractivity contribution in [3.8, 4) is 0 Å². The van der Waals surface area contributed by atoms with Crippen molar-refractivity contribution in [3.05, 3.63) is 82.7 Å². The van der Waals surface area contributed by atoms with Crippen LogP contribution in [0, 0.1) is 0 Å². The summed E-state index contributed by atoms with van der Waals surface area (Å²) in [6.45, 7) is 0.456. The highest BCUT2D eigenvalue weighted by Gasteiger charge is 2.07. The van der Waals surface area contributed by atoms with Crippen molar-refractivity contribution < 1.29 is 4.79 Å². The fraction of sp³-hybridized carbons (Fsp3) is 0.0556. The molecule has 2 heterocycles. The van der Waals surface area contributed by atoms with Gasteiger partial charge in [-0.3, -0.25) is 9.78 Å². The van der Waals surface area contributed by atoms with E-state index in [4.69, 9.17) is 0 Å². The van der Waals surface area contributed by atoms with Crippen LogP contribution in [0.4, 0.5) is 11.5 Å². The molecule has 1 aromatic carbocycles. The largest absolute Gasteiger partial charge is 0.348 e. The molecule has 2 aromatic heterocycles. The molecule has 24 heavy (non-hydrogen) atoms. The van der Waals surface area contributed by atoms with E-state index in [1.165, 1.54) is 0 Å². The molecule has 0 spiro atoms. The molecule has 120 valence electrons. The third-order valence-corrected chi connectivity index (χ3v) is 3.81. The number of halogens is 1. The predicted octanol–water partition coefficient (Wildman–Crippen LogP) is 3.91. The zero-order valence-corrected chi connectivity index (χ0v) is 14.3. The van der Waals surface area contributed by atoms with Gasteiger partial charge in [-0.1, -0.05) is 22.0 Å². The molecule has 0 unspecified atom stereocenters. The molecule has 3 aromatic rings. The molecule has 0 fully saturated rings. The molecular weight excluding hydrogens is 368 g/mol. The molecule has 0 aliphatic rings. The van der Waals surface area contributed by atoms with Crippen molar-refractivity contribution in [3.63, 3.8) is 0 Å². The maximum Gasteiger partial charge on any atom is 0.251 e. The summed E-state index contributed by atoms with van der Waals surface area (Å²) in [5.74, 6) is 0.469. The van der Waals surface area contributed by atoms with Crippen molar-refractivity contribution in [2.45, 2.75) is 6.54 Å². The Morgan fingerprint density at radius 2 is 1.88 bits per heavy atom. The normalized spacial score (nSPS) is 10.2. The van der Waals surface area contributed by atoms with E-state index in [9.17, 15) is 4.79 Å². The summed E-state index contributed by atoms with van der Waals surface area (Å²) in [5.41, 5.74) is 2.45. The minimum atomic E-state index is -0.147. The summed E-state index contributed by atoms with van der Waals surface area (Å²) in [6.07, 6.45) is 5.02. The quantitative estimate of drug-likeness (QED) is 0.701. The summed E-state index contributed by atoms with van der Waals surface area (Å²) in [5, 5.41) is 6.07. The number of pyridine rings is 2. The van der Waals surface area contributed by atoms with Gasteiger partial charge in [0, 0.05) is 40.9 Å². The molecule has 0 radical (unpaired) electrons. The predicted molar refractivity (Wildman–Crippen MR) is 97.1 cm³/mol. The van der Waals surface area contributed by atoms with E-state index in [1.807, 2.05) is 36.4 Å². The number of carbonyl (C=O) groups is 1. The Labute approximate surface area is 148 Å². The number of anilines is 2. The van der Waals surface area contributed by atoms with E-state index >= 15 is 0 Å². The first-order valence-electron chi connectivity index (χ1n) is 7.36. The molecule has 0 aliphatic heterocycles. The van der Waals surface area contributed by atoms with Gasteiger partial charge in [0.15, 0.2) is 0 Å². The summed E-state index contributed by atoms with van der Waals surface area (Å²) in [7, 11) is 0. The van der Waals surface area contributed by atoms with Crippen LogP contribution in [0.15, 0.2) is 71.6 Å². The molecule has 5 nitrogen and oxygen atoms in total. The fourth-order valence-electron chi connectivity index (χ4n) is 2.14. The zero-order valence-electron chi connectivity index (χ0n) is 12.7. The number of benzene rings is 1. The van der Waals surface area contributed by atoms with Gasteiger partial charge in [0.1, 0.15) is 5.82 Å². The second-order valence-corrected chi connectivity index (χ2v) is 6.02. The smallest absolute Gasteiger partial charge is 0.251 e. The van der Waals surface area contributed by atoms with Crippen LogP contribution in [-0.2, 0) is 6.54 Å². The molecule has 0 atom stereocenters. The fourth-order valence-corrected chi connectivity index (χ4v) is 2.54. The maximum atomic E-state index is 12.3. The number of hydrogen-bond acceptors (Lipinski definition) is 4. The van der Waals surface area contributed by atoms with Gasteiger partial charge >= 0.3 is 0 Å². The van der Waals surface area contributed by atoms with Gasteiger partial charge in [-0.15, -0.1) is 0 Å². The van der Waals surface area contributed by atoms with Gasteiger partial charge in [-0.2, -0.15) is 0 Å².